The number of aromatic nitrogens is 4. The second-order valence-corrected chi connectivity index (χ2v) is 12.2. The van der Waals surface area contributed by atoms with E-state index in [2.05, 4.69) is 20.4 Å². The standard InChI is InChI=1S/C31H30ClF4N7O3/c1-17-4-7-43(41-17)24-12-18(19-10-20(32)13-21(33)11-19)2-3-22(24)27(31(34,35)36)46-26-14-25(39-29(37)40-26)42-8-5-30(6-9-42)15-23(28(44)45)38-16-30/h2-4,7,10-14,23,27,38H,5-6,8-9,15-16H2,1H3,(H,44,45)(H2,37,39,40)/t23-,27?/m0/s1. The Bertz CT molecular complexity index is 1760. The Hall–Kier alpha value is -4.43. The van der Waals surface area contributed by atoms with Crippen molar-refractivity contribution in [2.75, 3.05) is 30.3 Å². The first-order valence-electron chi connectivity index (χ1n) is 14.5. The third-order valence-corrected chi connectivity index (χ3v) is 8.75. The number of alkyl halides is 3. The second kappa shape index (κ2) is 12.1. The molecular weight excluding hydrogens is 630 g/mol. The van der Waals surface area contributed by atoms with E-state index in [-0.39, 0.29) is 33.5 Å². The average Bonchev–Trinajstić information content (AvgIpc) is 3.61. The zero-order valence-electron chi connectivity index (χ0n) is 24.6. The molecule has 2 aromatic heterocycles. The van der Waals surface area contributed by atoms with Crippen LogP contribution in [-0.2, 0) is 4.79 Å². The molecule has 0 aliphatic carbocycles. The third-order valence-electron chi connectivity index (χ3n) is 8.53. The predicted molar refractivity (Wildman–Crippen MR) is 162 cm³/mol. The Balaban J connectivity index is 1.31. The minimum Gasteiger partial charge on any atom is -0.480 e. The van der Waals surface area contributed by atoms with E-state index < -0.39 is 30.1 Å². The van der Waals surface area contributed by atoms with Crippen molar-refractivity contribution in [3.63, 3.8) is 0 Å². The molecule has 1 spiro atoms. The van der Waals surface area contributed by atoms with Gasteiger partial charge in [-0.15, -0.1) is 0 Å². The van der Waals surface area contributed by atoms with Crippen LogP contribution in [0.5, 0.6) is 5.88 Å². The van der Waals surface area contributed by atoms with E-state index in [1.54, 1.807) is 13.0 Å². The summed E-state index contributed by atoms with van der Waals surface area (Å²) in [6.45, 7) is 3.28. The molecule has 10 nitrogen and oxygen atoms in total. The van der Waals surface area contributed by atoms with Gasteiger partial charge in [0.05, 0.1) is 11.4 Å². The lowest BCUT2D eigenvalue weighted by Gasteiger charge is -2.39. The normalized spacial score (nSPS) is 18.6. The Morgan fingerprint density at radius 1 is 1.13 bits per heavy atom. The van der Waals surface area contributed by atoms with Crippen LogP contribution in [0.2, 0.25) is 5.02 Å². The zero-order valence-corrected chi connectivity index (χ0v) is 25.3. The number of aryl methyl sites for hydroxylation is 1. The molecule has 0 radical (unpaired) electrons. The van der Waals surface area contributed by atoms with Gasteiger partial charge in [-0.25, -0.2) is 9.07 Å². The number of carboxylic acid groups (broad SMARTS) is 1. The van der Waals surface area contributed by atoms with Crippen LogP contribution in [0.15, 0.2) is 54.7 Å². The summed E-state index contributed by atoms with van der Waals surface area (Å²) in [5.74, 6) is -1.81. The summed E-state index contributed by atoms with van der Waals surface area (Å²) in [6.07, 6.45) is -4.01. The van der Waals surface area contributed by atoms with Crippen LogP contribution in [0.25, 0.3) is 16.8 Å². The van der Waals surface area contributed by atoms with Crippen LogP contribution >= 0.6 is 11.6 Å². The molecule has 0 amide bonds. The number of carbonyl (C=O) groups is 1. The number of aliphatic carboxylic acids is 1. The van der Waals surface area contributed by atoms with E-state index in [1.807, 2.05) is 4.90 Å². The highest BCUT2D eigenvalue weighted by molar-refractivity contribution is 6.30. The number of nitrogens with zero attached hydrogens (tertiary/aromatic N) is 5. The maximum atomic E-state index is 14.8. The van der Waals surface area contributed by atoms with E-state index in [0.29, 0.717) is 61.5 Å². The molecule has 2 atom stereocenters. The van der Waals surface area contributed by atoms with Gasteiger partial charge in [-0.2, -0.15) is 28.2 Å². The maximum Gasteiger partial charge on any atom is 0.429 e. The highest BCUT2D eigenvalue weighted by Crippen LogP contribution is 2.43. The van der Waals surface area contributed by atoms with Crippen molar-refractivity contribution in [1.82, 2.24) is 25.1 Å². The van der Waals surface area contributed by atoms with E-state index in [1.165, 1.54) is 47.3 Å². The van der Waals surface area contributed by atoms with Gasteiger partial charge in [0.25, 0.3) is 0 Å². The van der Waals surface area contributed by atoms with Crippen molar-refractivity contribution < 1.29 is 32.2 Å². The van der Waals surface area contributed by atoms with Crippen LogP contribution in [0, 0.1) is 18.2 Å². The summed E-state index contributed by atoms with van der Waals surface area (Å²) >= 11 is 6.05. The Kier molecular flexibility index (Phi) is 8.27. The van der Waals surface area contributed by atoms with E-state index in [0.717, 1.165) is 6.07 Å². The van der Waals surface area contributed by atoms with Gasteiger partial charge < -0.3 is 25.8 Å². The fourth-order valence-electron chi connectivity index (χ4n) is 6.18. The summed E-state index contributed by atoms with van der Waals surface area (Å²) in [4.78, 5) is 21.5. The van der Waals surface area contributed by atoms with Crippen molar-refractivity contribution in [2.24, 2.45) is 5.41 Å². The Morgan fingerprint density at radius 3 is 2.52 bits per heavy atom. The first kappa shape index (κ1) is 31.5. The molecule has 4 aromatic rings. The number of benzene rings is 2. The SMILES string of the molecule is Cc1ccn(-c2cc(-c3cc(F)cc(Cl)c3)ccc2C(Oc2cc(N3CCC4(CC3)CN[C@H](C(=O)O)C4)nc(N)n2)C(F)(F)F)n1. The van der Waals surface area contributed by atoms with Crippen LogP contribution in [0.3, 0.4) is 0 Å². The molecule has 4 heterocycles. The topological polar surface area (TPSA) is 131 Å². The summed E-state index contributed by atoms with van der Waals surface area (Å²) in [7, 11) is 0. The van der Waals surface area contributed by atoms with Gasteiger partial charge in [0, 0.05) is 42.5 Å². The van der Waals surface area contributed by atoms with Crippen LogP contribution in [-0.4, -0.2) is 62.7 Å². The number of halogens is 5. The lowest BCUT2D eigenvalue weighted by molar-refractivity contribution is -0.198. The minimum atomic E-state index is -4.89. The molecule has 6 rings (SSSR count). The summed E-state index contributed by atoms with van der Waals surface area (Å²) in [5, 5.41) is 16.9. The molecule has 2 saturated heterocycles. The molecule has 2 aliphatic heterocycles. The van der Waals surface area contributed by atoms with E-state index >= 15 is 0 Å². The average molecular weight is 660 g/mol. The van der Waals surface area contributed by atoms with Crippen LogP contribution in [0.1, 0.15) is 36.6 Å². The molecule has 0 bridgehead atoms. The first-order valence-corrected chi connectivity index (χ1v) is 14.9. The fraction of sp³-hybridized carbons (Fsp3) is 0.355. The number of hydrogen-bond donors (Lipinski definition) is 3. The van der Waals surface area contributed by atoms with Gasteiger partial charge in [-0.1, -0.05) is 23.7 Å². The van der Waals surface area contributed by atoms with Crippen LogP contribution in [0.4, 0.5) is 29.3 Å². The number of anilines is 2. The van der Waals surface area contributed by atoms with Gasteiger partial charge in [-0.05, 0) is 73.1 Å². The number of nitrogens with one attached hydrogen (secondary N) is 1. The minimum absolute atomic E-state index is 0.0572. The van der Waals surface area contributed by atoms with Gasteiger partial charge in [0.1, 0.15) is 17.7 Å². The second-order valence-electron chi connectivity index (χ2n) is 11.8. The summed E-state index contributed by atoms with van der Waals surface area (Å²) < 4.78 is 65.4. The highest BCUT2D eigenvalue weighted by Gasteiger charge is 2.46. The lowest BCUT2D eigenvalue weighted by atomic mass is 9.76. The van der Waals surface area contributed by atoms with Crippen molar-refractivity contribution in [3.05, 3.63) is 76.8 Å². The number of carboxylic acids is 1. The number of hydrogen-bond acceptors (Lipinski definition) is 8. The van der Waals surface area contributed by atoms with Gasteiger partial charge in [-0.3, -0.25) is 4.79 Å². The predicted octanol–water partition coefficient (Wildman–Crippen LogP) is 5.73. The quantitative estimate of drug-likeness (QED) is 0.213. The number of ether oxygens (including phenoxy) is 1. The molecular formula is C31H30ClF4N7O3. The third kappa shape index (κ3) is 6.58. The maximum absolute atomic E-state index is 14.8. The highest BCUT2D eigenvalue weighted by atomic mass is 35.5. The van der Waals surface area contributed by atoms with Crippen molar-refractivity contribution in [3.8, 4) is 22.7 Å². The molecule has 242 valence electrons. The van der Waals surface area contributed by atoms with E-state index in [9.17, 15) is 27.5 Å². The molecule has 46 heavy (non-hydrogen) atoms. The largest absolute Gasteiger partial charge is 0.480 e. The van der Waals surface area contributed by atoms with Crippen LogP contribution < -0.4 is 20.7 Å². The molecule has 4 N–H and O–H groups in total. The van der Waals surface area contributed by atoms with E-state index in [4.69, 9.17) is 22.1 Å². The fourth-order valence-corrected chi connectivity index (χ4v) is 6.40. The molecule has 1 unspecified atom stereocenters. The molecule has 15 heteroatoms. The molecule has 2 aliphatic rings. The molecule has 2 fully saturated rings. The Labute approximate surface area is 266 Å². The van der Waals surface area contributed by atoms with Crippen molar-refractivity contribution >= 4 is 29.3 Å². The molecule has 0 saturated carbocycles. The monoisotopic (exact) mass is 659 g/mol. The van der Waals surface area contributed by atoms with Crippen molar-refractivity contribution in [2.45, 2.75) is 44.5 Å². The lowest BCUT2D eigenvalue weighted by Crippen LogP contribution is -2.41. The number of rotatable bonds is 7. The number of nitrogen functional groups attached to an aromatic ring is 1. The summed E-state index contributed by atoms with van der Waals surface area (Å²) in [6, 6.07) is 10.4. The molecule has 2 aromatic carbocycles. The Morgan fingerprint density at radius 2 is 1.89 bits per heavy atom. The first-order chi connectivity index (χ1) is 21.8. The smallest absolute Gasteiger partial charge is 0.429 e. The van der Waals surface area contributed by atoms with Crippen molar-refractivity contribution in [1.29, 1.82) is 0 Å². The van der Waals surface area contributed by atoms with Gasteiger partial charge in [0.2, 0.25) is 17.9 Å². The van der Waals surface area contributed by atoms with Gasteiger partial charge in [0.15, 0.2) is 0 Å². The van der Waals surface area contributed by atoms with Gasteiger partial charge >= 0.3 is 12.1 Å². The zero-order chi connectivity index (χ0) is 32.8. The summed E-state index contributed by atoms with van der Waals surface area (Å²) in [5.41, 5.74) is 6.92. The number of piperidine rings is 1. The number of nitrogens with two attached hydrogens (primary N) is 1.